The molecule has 2 aliphatic heterocycles. The van der Waals surface area contributed by atoms with Crippen molar-refractivity contribution in [1.82, 2.24) is 15.1 Å². The fraction of sp³-hybridized carbons (Fsp3) is 0.786. The molecule has 3 amide bonds. The first-order valence-electron chi connectivity index (χ1n) is 13.5. The van der Waals surface area contributed by atoms with Gasteiger partial charge in [0.15, 0.2) is 0 Å². The molecule has 0 aromatic heterocycles. The van der Waals surface area contributed by atoms with Crippen LogP contribution in [0.25, 0.3) is 0 Å². The van der Waals surface area contributed by atoms with E-state index in [1.54, 1.807) is 13.2 Å². The van der Waals surface area contributed by atoms with E-state index in [1.165, 1.54) is 12.0 Å². The lowest BCUT2D eigenvalue weighted by Gasteiger charge is -2.38. The molecule has 2 heterocycles. The normalized spacial score (nSPS) is 24.8. The van der Waals surface area contributed by atoms with Gasteiger partial charge in [0, 0.05) is 45.4 Å². The first-order chi connectivity index (χ1) is 16.7. The summed E-state index contributed by atoms with van der Waals surface area (Å²) in [5, 5.41) is 3.25. The number of amides is 3. The third-order valence-corrected chi connectivity index (χ3v) is 6.85. The van der Waals surface area contributed by atoms with Crippen molar-refractivity contribution in [3.63, 3.8) is 0 Å². The Kier molecular flexibility index (Phi) is 15.6. The smallest absolute Gasteiger partial charge is 0.317 e. The number of hydrogen-bond acceptors (Lipinski definition) is 4. The number of urea groups is 1. The van der Waals surface area contributed by atoms with Gasteiger partial charge in [0.2, 0.25) is 5.91 Å². The number of piperidine rings is 1. The summed E-state index contributed by atoms with van der Waals surface area (Å²) in [6, 6.07) is 0.177. The predicted octanol–water partition coefficient (Wildman–Crippen LogP) is 4.87. The molecule has 1 unspecified atom stereocenters. The number of carbonyl (C=O) groups excluding carboxylic acids is 2. The number of nitrogens with zero attached hydrogens (tertiary/aromatic N) is 2. The highest BCUT2D eigenvalue weighted by atomic mass is 16.5. The largest absolute Gasteiger partial charge is 0.385 e. The minimum atomic E-state index is -0.379. The summed E-state index contributed by atoms with van der Waals surface area (Å²) >= 11 is 0. The third-order valence-electron chi connectivity index (χ3n) is 6.85. The van der Waals surface area contributed by atoms with Crippen LogP contribution in [-0.2, 0) is 9.53 Å². The van der Waals surface area contributed by atoms with Crippen LogP contribution in [0.2, 0.25) is 0 Å². The quantitative estimate of drug-likeness (QED) is 0.518. The van der Waals surface area contributed by atoms with Crippen LogP contribution in [0.5, 0.6) is 0 Å². The zero-order valence-corrected chi connectivity index (χ0v) is 22.9. The first kappa shape index (κ1) is 31.2. The molecule has 0 aromatic carbocycles. The Bertz CT molecular complexity index is 636. The van der Waals surface area contributed by atoms with Crippen LogP contribution in [0.1, 0.15) is 85.0 Å². The third kappa shape index (κ3) is 11.6. The van der Waals surface area contributed by atoms with Gasteiger partial charge in [0.05, 0.1) is 6.04 Å². The van der Waals surface area contributed by atoms with Gasteiger partial charge in [0.1, 0.15) is 0 Å². The van der Waals surface area contributed by atoms with Gasteiger partial charge in [0.25, 0.3) is 0 Å². The second-order valence-electron chi connectivity index (χ2n) is 10.4. The van der Waals surface area contributed by atoms with Gasteiger partial charge in [-0.3, -0.25) is 4.79 Å². The van der Waals surface area contributed by atoms with Crippen LogP contribution in [0.15, 0.2) is 24.8 Å². The molecule has 2 atom stereocenters. The van der Waals surface area contributed by atoms with E-state index in [-0.39, 0.29) is 36.0 Å². The summed E-state index contributed by atoms with van der Waals surface area (Å²) in [5.41, 5.74) is 7.47. The Morgan fingerprint density at radius 3 is 2.14 bits per heavy atom. The summed E-state index contributed by atoms with van der Waals surface area (Å²) in [4.78, 5) is 29.3. The molecule has 0 bridgehead atoms. The lowest BCUT2D eigenvalue weighted by atomic mass is 9.81. The van der Waals surface area contributed by atoms with Gasteiger partial charge in [-0.15, -0.1) is 13.2 Å². The maximum atomic E-state index is 12.8. The number of rotatable bonds is 6. The molecule has 202 valence electrons. The maximum absolute atomic E-state index is 12.8. The highest BCUT2D eigenvalue weighted by Gasteiger charge is 2.34. The van der Waals surface area contributed by atoms with Crippen molar-refractivity contribution in [3.8, 4) is 0 Å². The zero-order valence-electron chi connectivity index (χ0n) is 22.9. The Morgan fingerprint density at radius 2 is 1.60 bits per heavy atom. The molecule has 3 fully saturated rings. The fourth-order valence-electron chi connectivity index (χ4n) is 5.05. The summed E-state index contributed by atoms with van der Waals surface area (Å²) in [5.74, 6) is 0.366. The molecule has 3 N–H and O–H groups in total. The van der Waals surface area contributed by atoms with E-state index < -0.39 is 0 Å². The second kappa shape index (κ2) is 17.6. The summed E-state index contributed by atoms with van der Waals surface area (Å²) < 4.78 is 5.21. The minimum absolute atomic E-state index is 0.0710. The highest BCUT2D eigenvalue weighted by Crippen LogP contribution is 2.28. The molecule has 3 rings (SSSR count). The van der Waals surface area contributed by atoms with Crippen LogP contribution >= 0.6 is 0 Å². The summed E-state index contributed by atoms with van der Waals surface area (Å²) in [7, 11) is 1.71. The molecule has 3 aliphatic rings. The van der Waals surface area contributed by atoms with Crippen molar-refractivity contribution in [1.29, 1.82) is 0 Å². The molecule has 1 saturated carbocycles. The Morgan fingerprint density at radius 1 is 1.06 bits per heavy atom. The van der Waals surface area contributed by atoms with Crippen molar-refractivity contribution < 1.29 is 14.3 Å². The van der Waals surface area contributed by atoms with Gasteiger partial charge < -0.3 is 25.6 Å². The lowest BCUT2D eigenvalue weighted by molar-refractivity contribution is -0.133. The van der Waals surface area contributed by atoms with E-state index in [9.17, 15) is 9.59 Å². The molecule has 0 radical (unpaired) electrons. The zero-order chi connectivity index (χ0) is 26.2. The molecule has 1 aliphatic carbocycles. The summed E-state index contributed by atoms with van der Waals surface area (Å²) in [6.07, 6.45) is 11.8. The van der Waals surface area contributed by atoms with Gasteiger partial charge in [-0.2, -0.15) is 0 Å². The Hall–Kier alpha value is -1.86. The fourth-order valence-corrected chi connectivity index (χ4v) is 5.05. The van der Waals surface area contributed by atoms with Crippen molar-refractivity contribution >= 4 is 11.9 Å². The topological polar surface area (TPSA) is 87.9 Å². The number of carbonyl (C=O) groups is 2. The number of nitrogens with two attached hydrogens (primary N) is 1. The molecule has 7 nitrogen and oxygen atoms in total. The van der Waals surface area contributed by atoms with Crippen molar-refractivity contribution in [3.05, 3.63) is 24.8 Å². The number of hydrogen-bond donors (Lipinski definition) is 2. The second-order valence-corrected chi connectivity index (χ2v) is 10.4. The lowest BCUT2D eigenvalue weighted by Crippen LogP contribution is -2.53. The molecular formula is C28H52N4O3. The Labute approximate surface area is 214 Å². The van der Waals surface area contributed by atoms with Gasteiger partial charge >= 0.3 is 6.03 Å². The maximum Gasteiger partial charge on any atom is 0.317 e. The molecule has 0 spiro atoms. The molecule has 35 heavy (non-hydrogen) atoms. The number of likely N-dealkylation sites (tertiary alicyclic amines) is 2. The van der Waals surface area contributed by atoms with Crippen LogP contribution < -0.4 is 11.1 Å². The van der Waals surface area contributed by atoms with Crippen molar-refractivity contribution in [2.24, 2.45) is 11.7 Å². The molecule has 2 saturated heterocycles. The van der Waals surface area contributed by atoms with E-state index in [4.69, 9.17) is 10.5 Å². The van der Waals surface area contributed by atoms with Crippen LogP contribution in [0.3, 0.4) is 0 Å². The molecular weight excluding hydrogens is 440 g/mol. The number of ether oxygens (including phenoxy) is 1. The average molecular weight is 493 g/mol. The molecule has 7 heteroatoms. The SMILES string of the molecule is C=C(C)C.C=CC.COCC[C@@H]1CCCCN1C(=O)NC1CCC(C(N)C(=O)N2CCCC2)CC1. The van der Waals surface area contributed by atoms with Crippen LogP contribution in [0, 0.1) is 5.92 Å². The van der Waals surface area contributed by atoms with Gasteiger partial charge in [-0.25, -0.2) is 4.79 Å². The highest BCUT2D eigenvalue weighted by molar-refractivity contribution is 5.82. The van der Waals surface area contributed by atoms with E-state index in [0.717, 1.165) is 77.4 Å². The van der Waals surface area contributed by atoms with Gasteiger partial charge in [-0.1, -0.05) is 11.6 Å². The first-order valence-corrected chi connectivity index (χ1v) is 13.5. The number of nitrogens with one attached hydrogen (secondary N) is 1. The van der Waals surface area contributed by atoms with Gasteiger partial charge in [-0.05, 0) is 90.9 Å². The number of methoxy groups -OCH3 is 1. The predicted molar refractivity (Wildman–Crippen MR) is 145 cm³/mol. The monoisotopic (exact) mass is 492 g/mol. The van der Waals surface area contributed by atoms with E-state index in [1.807, 2.05) is 30.6 Å². The summed E-state index contributed by atoms with van der Waals surface area (Å²) in [6.45, 7) is 16.0. The van der Waals surface area contributed by atoms with Crippen molar-refractivity contribution in [2.75, 3.05) is 33.4 Å². The van der Waals surface area contributed by atoms with Crippen LogP contribution in [0.4, 0.5) is 4.79 Å². The average Bonchev–Trinajstić information content (AvgIpc) is 3.38. The molecule has 0 aromatic rings. The minimum Gasteiger partial charge on any atom is -0.385 e. The van der Waals surface area contributed by atoms with Crippen LogP contribution in [-0.4, -0.2) is 73.2 Å². The van der Waals surface area contributed by atoms with Crippen molar-refractivity contribution in [2.45, 2.75) is 103 Å². The van der Waals surface area contributed by atoms with E-state index >= 15 is 0 Å². The Balaban J connectivity index is 0.000000778. The number of allylic oxidation sites excluding steroid dienone is 2. The standard InChI is InChI=1S/C21H38N4O3.C4H8.C3H6/c1-28-15-11-18-6-2-3-14-25(18)21(27)23-17-9-7-16(8-10-17)19(22)20(26)24-12-4-5-13-24;1-4(2)3;1-3-2/h16-19H,2-15,22H2,1H3,(H,23,27);1H2,2-3H3;3H,1H2,2H3/t16?,17?,18-,19?;;/m0../s1. The van der Waals surface area contributed by atoms with E-state index in [2.05, 4.69) is 18.5 Å². The van der Waals surface area contributed by atoms with E-state index in [0.29, 0.717) is 6.61 Å².